The van der Waals surface area contributed by atoms with Gasteiger partial charge in [0.25, 0.3) is 0 Å². The number of hydrogen-bond donors (Lipinski definition) is 0. The highest BCUT2D eigenvalue weighted by Gasteiger charge is 2.24. The number of hydrogen-bond acceptors (Lipinski definition) is 1. The zero-order chi connectivity index (χ0) is 14.5. The van der Waals surface area contributed by atoms with Crippen LogP contribution in [0.1, 0.15) is 36.9 Å². The van der Waals surface area contributed by atoms with Crippen molar-refractivity contribution in [2.24, 2.45) is 5.92 Å². The van der Waals surface area contributed by atoms with Gasteiger partial charge in [-0.15, -0.1) is 0 Å². The Bertz CT molecular complexity index is 526. The van der Waals surface area contributed by atoms with Crippen LogP contribution in [-0.4, -0.2) is 18.0 Å². The molecule has 0 radical (unpaired) electrons. The summed E-state index contributed by atoms with van der Waals surface area (Å²) in [5.41, 5.74) is 2.89. The molecule has 0 aromatic heterocycles. The first-order valence-corrected chi connectivity index (χ1v) is 8.16. The van der Waals surface area contributed by atoms with Crippen LogP contribution in [0.15, 0.2) is 60.7 Å². The van der Waals surface area contributed by atoms with E-state index in [4.69, 9.17) is 0 Å². The van der Waals surface area contributed by atoms with Gasteiger partial charge in [-0.2, -0.15) is 0 Å². The Labute approximate surface area is 128 Å². The highest BCUT2D eigenvalue weighted by atomic mass is 15.2. The maximum absolute atomic E-state index is 2.68. The quantitative estimate of drug-likeness (QED) is 0.784. The molecule has 1 aliphatic rings. The average molecular weight is 279 g/mol. The summed E-state index contributed by atoms with van der Waals surface area (Å²) < 4.78 is 0. The molecule has 1 saturated heterocycles. The fourth-order valence-electron chi connectivity index (χ4n) is 3.31. The summed E-state index contributed by atoms with van der Waals surface area (Å²) in [5, 5.41) is 0. The molecule has 1 heterocycles. The van der Waals surface area contributed by atoms with Gasteiger partial charge >= 0.3 is 0 Å². The molecular formula is C20H25N. The number of likely N-dealkylation sites (tertiary alicyclic amines) is 1. The zero-order valence-electron chi connectivity index (χ0n) is 12.9. The molecule has 0 spiro atoms. The van der Waals surface area contributed by atoms with Crippen LogP contribution in [0.4, 0.5) is 0 Å². The Kier molecular flexibility index (Phi) is 4.72. The largest absolute Gasteiger partial charge is 0.296 e. The summed E-state index contributed by atoms with van der Waals surface area (Å²) in [6.45, 7) is 4.84. The summed E-state index contributed by atoms with van der Waals surface area (Å²) in [5.74, 6) is 0.884. The minimum Gasteiger partial charge on any atom is -0.296 e. The van der Waals surface area contributed by atoms with Crippen molar-refractivity contribution in [3.8, 4) is 0 Å². The predicted octanol–water partition coefficient (Wildman–Crippen LogP) is 4.70. The Morgan fingerprint density at radius 2 is 1.48 bits per heavy atom. The average Bonchev–Trinajstić information content (AvgIpc) is 2.55. The van der Waals surface area contributed by atoms with Crippen LogP contribution in [0, 0.1) is 5.92 Å². The Balaban J connectivity index is 1.81. The van der Waals surface area contributed by atoms with Crippen LogP contribution in [0.5, 0.6) is 0 Å². The summed E-state index contributed by atoms with van der Waals surface area (Å²) in [7, 11) is 0. The molecule has 0 bridgehead atoms. The van der Waals surface area contributed by atoms with Crippen molar-refractivity contribution in [1.29, 1.82) is 0 Å². The first-order chi connectivity index (χ1) is 10.3. The molecule has 110 valence electrons. The van der Waals surface area contributed by atoms with E-state index < -0.39 is 0 Å². The van der Waals surface area contributed by atoms with Crippen molar-refractivity contribution in [1.82, 2.24) is 4.90 Å². The van der Waals surface area contributed by atoms with E-state index >= 15 is 0 Å². The second-order valence-electron chi connectivity index (χ2n) is 6.33. The van der Waals surface area contributed by atoms with E-state index in [0.29, 0.717) is 6.04 Å². The lowest BCUT2D eigenvalue weighted by molar-refractivity contribution is 0.137. The minimum atomic E-state index is 0.515. The molecule has 21 heavy (non-hydrogen) atoms. The van der Waals surface area contributed by atoms with Crippen molar-refractivity contribution < 1.29 is 0 Å². The van der Waals surface area contributed by atoms with Gasteiger partial charge in [0, 0.05) is 6.04 Å². The van der Waals surface area contributed by atoms with Gasteiger partial charge in [-0.3, -0.25) is 4.90 Å². The molecule has 0 N–H and O–H groups in total. The molecule has 1 fully saturated rings. The summed E-state index contributed by atoms with van der Waals surface area (Å²) in [6.07, 6.45) is 3.77. The fraction of sp³-hybridized carbons (Fsp3) is 0.400. The number of piperidine rings is 1. The molecular weight excluding hydrogens is 254 g/mol. The smallest absolute Gasteiger partial charge is 0.0388 e. The lowest BCUT2D eigenvalue weighted by Crippen LogP contribution is -2.37. The van der Waals surface area contributed by atoms with Gasteiger partial charge in [0.15, 0.2) is 0 Å². The molecule has 2 aromatic carbocycles. The minimum absolute atomic E-state index is 0.515. The second-order valence-corrected chi connectivity index (χ2v) is 6.33. The van der Waals surface area contributed by atoms with E-state index in [-0.39, 0.29) is 0 Å². The van der Waals surface area contributed by atoms with Crippen molar-refractivity contribution in [3.05, 3.63) is 71.8 Å². The van der Waals surface area contributed by atoms with E-state index in [0.717, 1.165) is 12.3 Å². The Hall–Kier alpha value is -1.60. The van der Waals surface area contributed by atoms with Crippen molar-refractivity contribution in [2.45, 2.75) is 32.2 Å². The van der Waals surface area contributed by atoms with Gasteiger partial charge in [0.1, 0.15) is 0 Å². The number of benzene rings is 2. The van der Waals surface area contributed by atoms with Crippen LogP contribution >= 0.6 is 0 Å². The molecule has 3 rings (SSSR count). The maximum Gasteiger partial charge on any atom is 0.0388 e. The van der Waals surface area contributed by atoms with Gasteiger partial charge < -0.3 is 0 Å². The number of nitrogens with zero attached hydrogens (tertiary/aromatic N) is 1. The summed E-state index contributed by atoms with van der Waals surface area (Å²) >= 11 is 0. The summed E-state index contributed by atoms with van der Waals surface area (Å²) in [4.78, 5) is 2.68. The highest BCUT2D eigenvalue weighted by molar-refractivity contribution is 5.24. The van der Waals surface area contributed by atoms with Gasteiger partial charge in [-0.25, -0.2) is 0 Å². The van der Waals surface area contributed by atoms with E-state index in [2.05, 4.69) is 72.5 Å². The predicted molar refractivity (Wildman–Crippen MR) is 89.3 cm³/mol. The van der Waals surface area contributed by atoms with E-state index in [1.54, 1.807) is 0 Å². The molecule has 0 amide bonds. The van der Waals surface area contributed by atoms with Gasteiger partial charge in [0.2, 0.25) is 0 Å². The van der Waals surface area contributed by atoms with Gasteiger partial charge in [0.05, 0.1) is 0 Å². The van der Waals surface area contributed by atoms with Crippen LogP contribution in [-0.2, 0) is 6.42 Å². The molecule has 1 nitrogen and oxygen atoms in total. The maximum atomic E-state index is 2.68. The normalized spacial score (nSPS) is 18.5. The third-order valence-electron chi connectivity index (χ3n) is 4.72. The highest BCUT2D eigenvalue weighted by Crippen LogP contribution is 2.29. The van der Waals surface area contributed by atoms with Crippen LogP contribution in [0.3, 0.4) is 0 Å². The third-order valence-corrected chi connectivity index (χ3v) is 4.72. The van der Waals surface area contributed by atoms with Gasteiger partial charge in [-0.05, 0) is 49.4 Å². The van der Waals surface area contributed by atoms with Crippen LogP contribution < -0.4 is 0 Å². The van der Waals surface area contributed by atoms with Crippen molar-refractivity contribution >= 4 is 0 Å². The SMILES string of the molecule is CC1CCN(C(Cc2ccccc2)c2ccccc2)CC1. The van der Waals surface area contributed by atoms with E-state index in [9.17, 15) is 0 Å². The topological polar surface area (TPSA) is 3.24 Å². The Morgan fingerprint density at radius 3 is 2.10 bits per heavy atom. The molecule has 1 unspecified atom stereocenters. The Morgan fingerprint density at radius 1 is 0.905 bits per heavy atom. The molecule has 2 aromatic rings. The van der Waals surface area contributed by atoms with Gasteiger partial charge in [-0.1, -0.05) is 67.6 Å². The van der Waals surface area contributed by atoms with Crippen molar-refractivity contribution in [2.75, 3.05) is 13.1 Å². The standard InChI is InChI=1S/C20H25N/c1-17-12-14-21(15-13-17)20(19-10-6-3-7-11-19)16-18-8-4-2-5-9-18/h2-11,17,20H,12-16H2,1H3. The van der Waals surface area contributed by atoms with E-state index in [1.807, 2.05) is 0 Å². The first-order valence-electron chi connectivity index (χ1n) is 8.16. The van der Waals surface area contributed by atoms with Crippen LogP contribution in [0.25, 0.3) is 0 Å². The third kappa shape index (κ3) is 3.74. The molecule has 0 aliphatic carbocycles. The molecule has 1 aliphatic heterocycles. The fourth-order valence-corrected chi connectivity index (χ4v) is 3.31. The van der Waals surface area contributed by atoms with E-state index in [1.165, 1.54) is 37.1 Å². The lowest BCUT2D eigenvalue weighted by Gasteiger charge is -2.37. The molecule has 0 saturated carbocycles. The van der Waals surface area contributed by atoms with Crippen LogP contribution in [0.2, 0.25) is 0 Å². The molecule has 1 heteroatoms. The first kappa shape index (κ1) is 14.3. The second kappa shape index (κ2) is 6.91. The zero-order valence-corrected chi connectivity index (χ0v) is 12.9. The lowest BCUT2D eigenvalue weighted by atomic mass is 9.92. The monoisotopic (exact) mass is 279 g/mol. The molecule has 1 atom stereocenters. The number of rotatable bonds is 4. The summed E-state index contributed by atoms with van der Waals surface area (Å²) in [6, 6.07) is 22.4. The van der Waals surface area contributed by atoms with Crippen molar-refractivity contribution in [3.63, 3.8) is 0 Å².